The third-order valence-electron chi connectivity index (χ3n) is 2.62. The van der Waals surface area contributed by atoms with Crippen molar-refractivity contribution in [2.24, 2.45) is 0 Å². The van der Waals surface area contributed by atoms with E-state index in [1.807, 2.05) is 12.3 Å². The molecule has 0 aliphatic heterocycles. The number of nitrogens with zero attached hydrogens (tertiary/aromatic N) is 3. The first-order chi connectivity index (χ1) is 8.79. The molecule has 0 radical (unpaired) electrons. The molecule has 18 heavy (non-hydrogen) atoms. The van der Waals surface area contributed by atoms with Crippen LogP contribution in [-0.2, 0) is 0 Å². The molecule has 4 nitrogen and oxygen atoms in total. The van der Waals surface area contributed by atoms with Gasteiger partial charge in [-0.2, -0.15) is 0 Å². The Morgan fingerprint density at radius 2 is 2.28 bits per heavy atom. The van der Waals surface area contributed by atoms with Gasteiger partial charge in [0.2, 0.25) is 0 Å². The third-order valence-corrected chi connectivity index (χ3v) is 2.83. The lowest BCUT2D eigenvalue weighted by molar-refractivity contribution is 0.672. The molecule has 0 aliphatic carbocycles. The molecule has 0 amide bonds. The molecule has 0 aromatic carbocycles. The minimum Gasteiger partial charge on any atom is -0.363 e. The molecule has 1 unspecified atom stereocenters. The molecule has 0 aliphatic rings. The van der Waals surface area contributed by atoms with Crippen LogP contribution in [0.2, 0.25) is 5.15 Å². The van der Waals surface area contributed by atoms with Gasteiger partial charge in [0.25, 0.3) is 0 Å². The van der Waals surface area contributed by atoms with Crippen LogP contribution in [0.15, 0.2) is 36.9 Å². The summed E-state index contributed by atoms with van der Waals surface area (Å²) in [6.45, 7) is 2.15. The normalized spacial score (nSPS) is 12.1. The maximum absolute atomic E-state index is 5.85. The van der Waals surface area contributed by atoms with Crippen molar-refractivity contribution in [2.75, 3.05) is 5.32 Å². The Morgan fingerprint density at radius 1 is 1.39 bits per heavy atom. The van der Waals surface area contributed by atoms with Crippen LogP contribution in [0.25, 0.3) is 0 Å². The van der Waals surface area contributed by atoms with E-state index in [2.05, 4.69) is 33.3 Å². The number of pyridine rings is 1. The van der Waals surface area contributed by atoms with Crippen LogP contribution < -0.4 is 5.32 Å². The van der Waals surface area contributed by atoms with Crippen LogP contribution in [0.1, 0.15) is 31.4 Å². The SMILES string of the molecule is CCCC(Nc1cc(Cl)ncn1)c1cccnc1. The number of aromatic nitrogens is 3. The first-order valence-electron chi connectivity index (χ1n) is 5.93. The van der Waals surface area contributed by atoms with E-state index in [9.17, 15) is 0 Å². The van der Waals surface area contributed by atoms with Gasteiger partial charge in [0.05, 0.1) is 6.04 Å². The number of hydrogen-bond acceptors (Lipinski definition) is 4. The molecule has 94 valence electrons. The topological polar surface area (TPSA) is 50.7 Å². The Labute approximate surface area is 111 Å². The van der Waals surface area contributed by atoms with E-state index in [0.29, 0.717) is 5.15 Å². The summed E-state index contributed by atoms with van der Waals surface area (Å²) in [5.74, 6) is 0.734. The fraction of sp³-hybridized carbons (Fsp3) is 0.308. The molecule has 0 spiro atoms. The van der Waals surface area contributed by atoms with E-state index in [-0.39, 0.29) is 6.04 Å². The highest BCUT2D eigenvalue weighted by molar-refractivity contribution is 6.29. The molecule has 2 aromatic heterocycles. The second-order valence-corrected chi connectivity index (χ2v) is 4.39. The highest BCUT2D eigenvalue weighted by atomic mass is 35.5. The first-order valence-corrected chi connectivity index (χ1v) is 6.31. The number of nitrogens with one attached hydrogen (secondary N) is 1. The molecule has 0 saturated heterocycles. The van der Waals surface area contributed by atoms with Crippen molar-refractivity contribution in [1.82, 2.24) is 15.0 Å². The van der Waals surface area contributed by atoms with Crippen molar-refractivity contribution in [1.29, 1.82) is 0 Å². The zero-order chi connectivity index (χ0) is 12.8. The minimum atomic E-state index is 0.190. The van der Waals surface area contributed by atoms with E-state index in [4.69, 9.17) is 11.6 Å². The van der Waals surface area contributed by atoms with Gasteiger partial charge in [0.15, 0.2) is 0 Å². The zero-order valence-corrected chi connectivity index (χ0v) is 10.9. The number of rotatable bonds is 5. The van der Waals surface area contributed by atoms with Crippen LogP contribution in [-0.4, -0.2) is 15.0 Å². The summed E-state index contributed by atoms with van der Waals surface area (Å²) < 4.78 is 0. The largest absolute Gasteiger partial charge is 0.363 e. The van der Waals surface area contributed by atoms with Gasteiger partial charge >= 0.3 is 0 Å². The lowest BCUT2D eigenvalue weighted by Gasteiger charge is -2.18. The van der Waals surface area contributed by atoms with Crippen LogP contribution in [0.4, 0.5) is 5.82 Å². The smallest absolute Gasteiger partial charge is 0.134 e. The minimum absolute atomic E-state index is 0.190. The second kappa shape index (κ2) is 6.31. The monoisotopic (exact) mass is 262 g/mol. The quantitative estimate of drug-likeness (QED) is 0.838. The highest BCUT2D eigenvalue weighted by Gasteiger charge is 2.11. The lowest BCUT2D eigenvalue weighted by Crippen LogP contribution is -2.11. The van der Waals surface area contributed by atoms with Gasteiger partial charge in [-0.15, -0.1) is 0 Å². The van der Waals surface area contributed by atoms with Crippen molar-refractivity contribution >= 4 is 17.4 Å². The summed E-state index contributed by atoms with van der Waals surface area (Å²) in [4.78, 5) is 12.2. The van der Waals surface area contributed by atoms with E-state index in [0.717, 1.165) is 24.2 Å². The Morgan fingerprint density at radius 3 is 2.94 bits per heavy atom. The van der Waals surface area contributed by atoms with Crippen LogP contribution in [0, 0.1) is 0 Å². The Bertz CT molecular complexity index is 489. The molecule has 0 fully saturated rings. The molecule has 0 bridgehead atoms. The Balaban J connectivity index is 2.16. The maximum Gasteiger partial charge on any atom is 0.134 e. The fourth-order valence-corrected chi connectivity index (χ4v) is 1.93. The van der Waals surface area contributed by atoms with Crippen LogP contribution >= 0.6 is 11.6 Å². The first kappa shape index (κ1) is 12.8. The molecule has 2 rings (SSSR count). The second-order valence-electron chi connectivity index (χ2n) is 4.00. The third kappa shape index (κ3) is 3.40. The fourth-order valence-electron chi connectivity index (χ4n) is 1.78. The summed E-state index contributed by atoms with van der Waals surface area (Å²) >= 11 is 5.85. The zero-order valence-electron chi connectivity index (χ0n) is 10.2. The van der Waals surface area contributed by atoms with E-state index >= 15 is 0 Å². The molecular formula is C13H15ClN4. The molecular weight excluding hydrogens is 248 g/mol. The summed E-state index contributed by atoms with van der Waals surface area (Å²) in [5.41, 5.74) is 1.15. The van der Waals surface area contributed by atoms with Crippen LogP contribution in [0.3, 0.4) is 0 Å². The lowest BCUT2D eigenvalue weighted by atomic mass is 10.0. The van der Waals surface area contributed by atoms with Gasteiger partial charge in [0, 0.05) is 18.5 Å². The average Bonchev–Trinajstić information content (AvgIpc) is 2.39. The summed E-state index contributed by atoms with van der Waals surface area (Å²) in [5, 5.41) is 3.80. The number of halogens is 1. The standard InChI is InChI=1S/C13H15ClN4/c1-2-4-11(10-5-3-6-15-8-10)18-13-7-12(14)16-9-17-13/h3,5-9,11H,2,4H2,1H3,(H,16,17,18). The Kier molecular flexibility index (Phi) is 4.47. The van der Waals surface area contributed by atoms with Crippen molar-refractivity contribution in [3.05, 3.63) is 47.6 Å². The maximum atomic E-state index is 5.85. The molecule has 2 heterocycles. The van der Waals surface area contributed by atoms with Crippen molar-refractivity contribution in [2.45, 2.75) is 25.8 Å². The molecule has 2 aromatic rings. The van der Waals surface area contributed by atoms with Gasteiger partial charge < -0.3 is 5.32 Å². The van der Waals surface area contributed by atoms with Gasteiger partial charge in [-0.05, 0) is 18.1 Å². The predicted octanol–water partition coefficient (Wildman–Crippen LogP) is 3.48. The van der Waals surface area contributed by atoms with Gasteiger partial charge in [-0.25, -0.2) is 9.97 Å². The predicted molar refractivity (Wildman–Crippen MR) is 72.6 cm³/mol. The number of anilines is 1. The van der Waals surface area contributed by atoms with Crippen molar-refractivity contribution in [3.63, 3.8) is 0 Å². The van der Waals surface area contributed by atoms with E-state index < -0.39 is 0 Å². The molecule has 1 N–H and O–H groups in total. The summed E-state index contributed by atoms with van der Waals surface area (Å²) in [6, 6.07) is 5.91. The molecule has 1 atom stereocenters. The van der Waals surface area contributed by atoms with Gasteiger partial charge in [0.1, 0.15) is 17.3 Å². The number of hydrogen-bond donors (Lipinski definition) is 1. The van der Waals surface area contributed by atoms with E-state index in [1.165, 1.54) is 6.33 Å². The summed E-state index contributed by atoms with van der Waals surface area (Å²) in [6.07, 6.45) is 7.18. The Hall–Kier alpha value is -1.68. The summed E-state index contributed by atoms with van der Waals surface area (Å²) in [7, 11) is 0. The van der Waals surface area contributed by atoms with Gasteiger partial charge in [-0.3, -0.25) is 4.98 Å². The highest BCUT2D eigenvalue weighted by Crippen LogP contribution is 2.22. The van der Waals surface area contributed by atoms with Crippen molar-refractivity contribution < 1.29 is 0 Å². The van der Waals surface area contributed by atoms with Crippen molar-refractivity contribution in [3.8, 4) is 0 Å². The average molecular weight is 263 g/mol. The molecule has 5 heteroatoms. The van der Waals surface area contributed by atoms with Gasteiger partial charge in [-0.1, -0.05) is 31.0 Å². The van der Waals surface area contributed by atoms with Crippen LogP contribution in [0.5, 0.6) is 0 Å². The van der Waals surface area contributed by atoms with E-state index in [1.54, 1.807) is 12.3 Å². The molecule has 0 saturated carbocycles.